The minimum absolute atomic E-state index is 0.0143. The molecule has 0 saturated carbocycles. The van der Waals surface area contributed by atoms with Crippen LogP contribution < -0.4 is 15.7 Å². The minimum Gasteiger partial charge on any atom is -0.495 e. The first-order valence-electron chi connectivity index (χ1n) is 8.43. The normalized spacial score (nSPS) is 10.8. The summed E-state index contributed by atoms with van der Waals surface area (Å²) in [4.78, 5) is 40.3. The van der Waals surface area contributed by atoms with E-state index >= 15 is 0 Å². The van der Waals surface area contributed by atoms with Gasteiger partial charge in [0.1, 0.15) is 11.3 Å². The quantitative estimate of drug-likeness (QED) is 0.467. The number of aryl methyl sites for hydroxylation is 1. The van der Waals surface area contributed by atoms with E-state index in [4.69, 9.17) is 20.8 Å². The van der Waals surface area contributed by atoms with Crippen molar-refractivity contribution in [1.29, 1.82) is 0 Å². The van der Waals surface area contributed by atoms with E-state index in [1.807, 2.05) is 0 Å². The largest absolute Gasteiger partial charge is 0.495 e. The van der Waals surface area contributed by atoms with Gasteiger partial charge in [0, 0.05) is 16.8 Å². The van der Waals surface area contributed by atoms with Gasteiger partial charge in [-0.15, -0.1) is 11.3 Å². The van der Waals surface area contributed by atoms with E-state index in [2.05, 4.69) is 15.0 Å². The monoisotopic (exact) mass is 436 g/mol. The molecule has 0 saturated heterocycles. The van der Waals surface area contributed by atoms with Crippen LogP contribution in [0.3, 0.4) is 0 Å². The maximum Gasteiger partial charge on any atom is 0.340 e. The zero-order chi connectivity index (χ0) is 21.1. The van der Waals surface area contributed by atoms with Crippen LogP contribution in [0.25, 0.3) is 11.0 Å². The van der Waals surface area contributed by atoms with Crippen molar-refractivity contribution in [1.82, 2.24) is 4.98 Å². The Kier molecular flexibility index (Phi) is 6.19. The number of ether oxygens (including phenoxy) is 2. The molecule has 0 unspecified atom stereocenters. The van der Waals surface area contributed by atoms with Gasteiger partial charge in [-0.3, -0.25) is 9.59 Å². The second-order valence-corrected chi connectivity index (χ2v) is 7.36. The Hall–Kier alpha value is -2.91. The Labute approximate surface area is 174 Å². The highest BCUT2D eigenvalue weighted by atomic mass is 35.5. The highest BCUT2D eigenvalue weighted by Crippen LogP contribution is 2.31. The number of benzene rings is 1. The first kappa shape index (κ1) is 20.8. The number of anilines is 1. The number of rotatable bonds is 6. The summed E-state index contributed by atoms with van der Waals surface area (Å²) in [7, 11) is 2.75. The third-order valence-corrected chi connectivity index (χ3v) is 5.35. The highest BCUT2D eigenvalue weighted by molar-refractivity contribution is 7.13. The Bertz CT molecular complexity index is 1150. The summed E-state index contributed by atoms with van der Waals surface area (Å²) in [6.07, 6.45) is -0.180. The van der Waals surface area contributed by atoms with Crippen LogP contribution in [0, 0.1) is 6.92 Å². The van der Waals surface area contributed by atoms with Crippen LogP contribution in [0.4, 0.5) is 5.13 Å². The Morgan fingerprint density at radius 3 is 2.72 bits per heavy atom. The van der Waals surface area contributed by atoms with Crippen LogP contribution in [0.15, 0.2) is 26.7 Å². The van der Waals surface area contributed by atoms with Crippen molar-refractivity contribution < 1.29 is 23.5 Å². The number of nitrogens with one attached hydrogen (secondary N) is 1. The van der Waals surface area contributed by atoms with Gasteiger partial charge in [0.15, 0.2) is 5.13 Å². The van der Waals surface area contributed by atoms with Crippen molar-refractivity contribution in [2.75, 3.05) is 19.5 Å². The first-order chi connectivity index (χ1) is 13.8. The molecule has 0 bridgehead atoms. The van der Waals surface area contributed by atoms with Crippen molar-refractivity contribution in [2.45, 2.75) is 19.8 Å². The van der Waals surface area contributed by atoms with E-state index in [1.165, 1.54) is 31.6 Å². The molecular formula is C19H17ClN2O6S. The zero-order valence-electron chi connectivity index (χ0n) is 15.8. The third kappa shape index (κ3) is 4.57. The lowest BCUT2D eigenvalue weighted by atomic mass is 10.0. The molecule has 1 amide bonds. The Morgan fingerprint density at radius 1 is 1.28 bits per heavy atom. The van der Waals surface area contributed by atoms with Crippen LogP contribution in [0.5, 0.6) is 5.75 Å². The molecule has 3 rings (SSSR count). The molecule has 2 heterocycles. The summed E-state index contributed by atoms with van der Waals surface area (Å²) < 4.78 is 15.1. The minimum atomic E-state index is -0.611. The maximum absolute atomic E-state index is 12.4. The van der Waals surface area contributed by atoms with E-state index in [1.54, 1.807) is 18.4 Å². The molecule has 0 aliphatic heterocycles. The number of nitrogens with zero attached hydrogens (tertiary/aromatic N) is 1. The van der Waals surface area contributed by atoms with Crippen molar-refractivity contribution in [3.8, 4) is 5.75 Å². The third-order valence-electron chi connectivity index (χ3n) is 4.25. The number of hydrogen-bond acceptors (Lipinski definition) is 8. The number of carbonyl (C=O) groups excluding carboxylic acids is 2. The lowest BCUT2D eigenvalue weighted by Gasteiger charge is -2.10. The molecule has 1 aromatic carbocycles. The lowest BCUT2D eigenvalue weighted by molar-refractivity contribution is -0.139. The van der Waals surface area contributed by atoms with Crippen molar-refractivity contribution in [2.24, 2.45) is 0 Å². The number of aromatic nitrogens is 1. The molecule has 0 fully saturated rings. The molecule has 0 radical (unpaired) electrons. The van der Waals surface area contributed by atoms with E-state index in [0.717, 1.165) is 0 Å². The van der Waals surface area contributed by atoms with Crippen LogP contribution in [0.1, 0.15) is 16.8 Å². The molecule has 29 heavy (non-hydrogen) atoms. The fourth-order valence-electron chi connectivity index (χ4n) is 2.74. The van der Waals surface area contributed by atoms with E-state index in [-0.39, 0.29) is 18.4 Å². The number of halogens is 1. The molecule has 0 spiro atoms. The number of hydrogen-bond donors (Lipinski definition) is 1. The summed E-state index contributed by atoms with van der Waals surface area (Å²) in [5, 5.41) is 5.59. The fourth-order valence-corrected chi connectivity index (χ4v) is 3.71. The standard InChI is InChI=1S/C19H17ClN2O6S/c1-9-11-5-13(20)15(26-2)7-14(11)28-18(25)12(9)6-16(23)22-19-21-10(8-29-19)4-17(24)27-3/h5,7-8H,4,6H2,1-3H3,(H,21,22,23). The molecule has 3 aromatic rings. The van der Waals surface area contributed by atoms with Crippen LogP contribution in [-0.2, 0) is 27.2 Å². The summed E-state index contributed by atoms with van der Waals surface area (Å²) in [5.41, 5.74) is 1.02. The van der Waals surface area contributed by atoms with E-state index in [0.29, 0.717) is 38.1 Å². The number of amides is 1. The summed E-state index contributed by atoms with van der Waals surface area (Å²) in [6, 6.07) is 3.17. The van der Waals surface area contributed by atoms with E-state index < -0.39 is 17.5 Å². The van der Waals surface area contributed by atoms with Crippen LogP contribution >= 0.6 is 22.9 Å². The lowest BCUT2D eigenvalue weighted by Crippen LogP contribution is -2.20. The summed E-state index contributed by atoms with van der Waals surface area (Å²) in [6.45, 7) is 1.72. The number of fused-ring (bicyclic) bond motifs is 1. The summed E-state index contributed by atoms with van der Waals surface area (Å²) in [5.74, 6) is -0.468. The topological polar surface area (TPSA) is 108 Å². The average Bonchev–Trinajstić information content (AvgIpc) is 3.11. The van der Waals surface area contributed by atoms with Gasteiger partial charge in [0.05, 0.1) is 43.3 Å². The van der Waals surface area contributed by atoms with Gasteiger partial charge in [-0.05, 0) is 18.6 Å². The second kappa shape index (κ2) is 8.62. The SMILES string of the molecule is COC(=O)Cc1csc(NC(=O)Cc2c(C)c3cc(Cl)c(OC)cc3oc2=O)n1. The molecule has 2 aromatic heterocycles. The second-order valence-electron chi connectivity index (χ2n) is 6.10. The van der Waals surface area contributed by atoms with Crippen LogP contribution in [0.2, 0.25) is 5.02 Å². The van der Waals surface area contributed by atoms with Gasteiger partial charge >= 0.3 is 11.6 Å². The Balaban J connectivity index is 1.81. The first-order valence-corrected chi connectivity index (χ1v) is 9.69. The average molecular weight is 437 g/mol. The predicted molar refractivity (Wildman–Crippen MR) is 109 cm³/mol. The molecule has 1 N–H and O–H groups in total. The van der Waals surface area contributed by atoms with Crippen molar-refractivity contribution in [3.05, 3.63) is 49.8 Å². The molecule has 0 aliphatic carbocycles. The number of carbonyl (C=O) groups is 2. The maximum atomic E-state index is 12.4. The van der Waals surface area contributed by atoms with Crippen molar-refractivity contribution in [3.63, 3.8) is 0 Å². The molecule has 0 aliphatic rings. The molecule has 10 heteroatoms. The van der Waals surface area contributed by atoms with Gasteiger partial charge < -0.3 is 19.2 Å². The van der Waals surface area contributed by atoms with Gasteiger partial charge in [0.25, 0.3) is 0 Å². The fraction of sp³-hybridized carbons (Fsp3) is 0.263. The van der Waals surface area contributed by atoms with Gasteiger partial charge in [-0.2, -0.15) is 0 Å². The summed E-state index contributed by atoms with van der Waals surface area (Å²) >= 11 is 7.34. The van der Waals surface area contributed by atoms with E-state index in [9.17, 15) is 14.4 Å². The van der Waals surface area contributed by atoms with Crippen molar-refractivity contribution >= 4 is 50.9 Å². The molecule has 8 nitrogen and oxygen atoms in total. The molecule has 152 valence electrons. The highest BCUT2D eigenvalue weighted by Gasteiger charge is 2.18. The smallest absolute Gasteiger partial charge is 0.340 e. The molecular weight excluding hydrogens is 420 g/mol. The van der Waals surface area contributed by atoms with Gasteiger partial charge in [0.2, 0.25) is 5.91 Å². The number of methoxy groups -OCH3 is 2. The van der Waals surface area contributed by atoms with Gasteiger partial charge in [-0.1, -0.05) is 11.6 Å². The van der Waals surface area contributed by atoms with Crippen LogP contribution in [-0.4, -0.2) is 31.1 Å². The number of esters is 1. The number of thiazole rings is 1. The predicted octanol–water partition coefficient (Wildman–Crippen LogP) is 3.12. The molecule has 0 atom stereocenters. The zero-order valence-corrected chi connectivity index (χ0v) is 17.4. The Morgan fingerprint density at radius 2 is 2.03 bits per heavy atom. The van der Waals surface area contributed by atoms with Gasteiger partial charge in [-0.25, -0.2) is 9.78 Å².